The lowest BCUT2D eigenvalue weighted by Crippen LogP contribution is -2.52. The molecule has 0 aliphatic carbocycles. The monoisotopic (exact) mass is 394 g/mol. The molecule has 138 valence electrons. The van der Waals surface area contributed by atoms with Gasteiger partial charge >= 0.3 is 0 Å². The van der Waals surface area contributed by atoms with Crippen LogP contribution in [0.2, 0.25) is 10.0 Å². The SMILES string of the molecule is C[C@@H](Oc1ccc(Cl)cc1Cl)C(=O)N1CCN(c2ccc(O)cc2)CC1. The van der Waals surface area contributed by atoms with E-state index in [-0.39, 0.29) is 11.7 Å². The number of benzene rings is 2. The van der Waals surface area contributed by atoms with Gasteiger partial charge in [0.2, 0.25) is 0 Å². The molecule has 1 N–H and O–H groups in total. The van der Waals surface area contributed by atoms with Gasteiger partial charge in [0, 0.05) is 36.9 Å². The van der Waals surface area contributed by atoms with Gasteiger partial charge in [-0.05, 0) is 49.4 Å². The Morgan fingerprint density at radius 3 is 2.35 bits per heavy atom. The maximum absolute atomic E-state index is 12.6. The van der Waals surface area contributed by atoms with Crippen LogP contribution in [0, 0.1) is 0 Å². The number of ether oxygens (including phenoxy) is 1. The molecule has 26 heavy (non-hydrogen) atoms. The van der Waals surface area contributed by atoms with Crippen LogP contribution in [0.5, 0.6) is 11.5 Å². The van der Waals surface area contributed by atoms with Crippen molar-refractivity contribution in [1.29, 1.82) is 0 Å². The van der Waals surface area contributed by atoms with Gasteiger partial charge in [-0.1, -0.05) is 23.2 Å². The molecule has 2 aromatic rings. The van der Waals surface area contributed by atoms with Crippen LogP contribution in [0.1, 0.15) is 6.92 Å². The minimum Gasteiger partial charge on any atom is -0.508 e. The average molecular weight is 395 g/mol. The van der Waals surface area contributed by atoms with Crippen molar-refractivity contribution in [2.75, 3.05) is 31.1 Å². The fourth-order valence-corrected chi connectivity index (χ4v) is 3.37. The number of hydrogen-bond acceptors (Lipinski definition) is 4. The zero-order valence-electron chi connectivity index (χ0n) is 14.4. The molecule has 1 atom stereocenters. The molecule has 0 spiro atoms. The van der Waals surface area contributed by atoms with Crippen LogP contribution in [0.3, 0.4) is 0 Å². The summed E-state index contributed by atoms with van der Waals surface area (Å²) in [7, 11) is 0. The summed E-state index contributed by atoms with van der Waals surface area (Å²) in [5, 5.41) is 10.3. The molecule has 7 heteroatoms. The van der Waals surface area contributed by atoms with E-state index in [1.165, 1.54) is 0 Å². The van der Waals surface area contributed by atoms with Crippen molar-refractivity contribution in [2.24, 2.45) is 0 Å². The lowest BCUT2D eigenvalue weighted by atomic mass is 10.2. The third-order valence-corrected chi connectivity index (χ3v) is 4.88. The van der Waals surface area contributed by atoms with E-state index >= 15 is 0 Å². The fraction of sp³-hybridized carbons (Fsp3) is 0.316. The number of hydrogen-bond donors (Lipinski definition) is 1. The van der Waals surface area contributed by atoms with Crippen LogP contribution in [0.15, 0.2) is 42.5 Å². The number of phenolic OH excluding ortho intramolecular Hbond substituents is 1. The molecule has 1 saturated heterocycles. The third-order valence-electron chi connectivity index (χ3n) is 4.35. The highest BCUT2D eigenvalue weighted by Crippen LogP contribution is 2.28. The van der Waals surface area contributed by atoms with E-state index in [2.05, 4.69) is 4.90 Å². The quantitative estimate of drug-likeness (QED) is 0.856. The van der Waals surface area contributed by atoms with E-state index in [4.69, 9.17) is 27.9 Å². The zero-order valence-corrected chi connectivity index (χ0v) is 15.9. The number of phenols is 1. The highest BCUT2D eigenvalue weighted by Gasteiger charge is 2.26. The Morgan fingerprint density at radius 1 is 1.08 bits per heavy atom. The van der Waals surface area contributed by atoms with Crippen LogP contribution in [0.25, 0.3) is 0 Å². The Morgan fingerprint density at radius 2 is 1.73 bits per heavy atom. The number of carbonyl (C=O) groups excluding carboxylic acids is 1. The molecule has 3 rings (SSSR count). The van der Waals surface area contributed by atoms with Gasteiger partial charge in [0.05, 0.1) is 5.02 Å². The second kappa shape index (κ2) is 8.06. The Labute approximate surface area is 162 Å². The van der Waals surface area contributed by atoms with Crippen molar-refractivity contribution in [3.8, 4) is 11.5 Å². The molecule has 1 heterocycles. The highest BCUT2D eigenvalue weighted by molar-refractivity contribution is 6.35. The largest absolute Gasteiger partial charge is 0.508 e. The predicted molar refractivity (Wildman–Crippen MR) is 103 cm³/mol. The van der Waals surface area contributed by atoms with Crippen LogP contribution in [0.4, 0.5) is 5.69 Å². The summed E-state index contributed by atoms with van der Waals surface area (Å²) in [4.78, 5) is 16.6. The Hall–Kier alpha value is -2.11. The molecule has 1 aliphatic rings. The van der Waals surface area contributed by atoms with Gasteiger partial charge in [-0.25, -0.2) is 0 Å². The number of halogens is 2. The molecule has 0 radical (unpaired) electrons. The lowest BCUT2D eigenvalue weighted by Gasteiger charge is -2.37. The molecular formula is C19H20Cl2N2O3. The van der Waals surface area contributed by atoms with Crippen molar-refractivity contribution >= 4 is 34.8 Å². The molecular weight excluding hydrogens is 375 g/mol. The van der Waals surface area contributed by atoms with Crippen molar-refractivity contribution in [3.63, 3.8) is 0 Å². The maximum atomic E-state index is 12.6. The molecule has 1 amide bonds. The first-order valence-corrected chi connectivity index (χ1v) is 9.14. The molecule has 1 aliphatic heterocycles. The first kappa shape index (κ1) is 18.7. The molecule has 0 aromatic heterocycles. The minimum atomic E-state index is -0.631. The maximum Gasteiger partial charge on any atom is 0.263 e. The minimum absolute atomic E-state index is 0.0682. The molecule has 0 unspecified atom stereocenters. The van der Waals surface area contributed by atoms with Gasteiger partial charge in [-0.2, -0.15) is 0 Å². The number of amides is 1. The summed E-state index contributed by atoms with van der Waals surface area (Å²) in [5.41, 5.74) is 1.03. The molecule has 0 saturated carbocycles. The summed E-state index contributed by atoms with van der Waals surface area (Å²) in [6.45, 7) is 4.40. The number of aromatic hydroxyl groups is 1. The molecule has 5 nitrogen and oxygen atoms in total. The third kappa shape index (κ3) is 4.34. The normalized spacial score (nSPS) is 15.7. The van der Waals surface area contributed by atoms with E-state index in [0.29, 0.717) is 28.9 Å². The summed E-state index contributed by atoms with van der Waals surface area (Å²) in [6.07, 6.45) is -0.631. The number of anilines is 1. The predicted octanol–water partition coefficient (Wildman–Crippen LogP) is 3.82. The van der Waals surface area contributed by atoms with Crippen LogP contribution >= 0.6 is 23.2 Å². The number of nitrogens with zero attached hydrogens (tertiary/aromatic N) is 2. The van der Waals surface area contributed by atoms with E-state index < -0.39 is 6.10 Å². The second-order valence-corrected chi connectivity index (χ2v) is 7.01. The summed E-state index contributed by atoms with van der Waals surface area (Å²) in [6, 6.07) is 12.0. The molecule has 0 bridgehead atoms. The summed E-state index contributed by atoms with van der Waals surface area (Å²) in [5.74, 6) is 0.621. The first-order valence-electron chi connectivity index (χ1n) is 8.38. The zero-order chi connectivity index (χ0) is 18.7. The van der Waals surface area contributed by atoms with Gasteiger partial charge in [0.25, 0.3) is 5.91 Å². The van der Waals surface area contributed by atoms with Crippen molar-refractivity contribution in [3.05, 3.63) is 52.5 Å². The number of piperazine rings is 1. The van der Waals surface area contributed by atoms with Gasteiger partial charge in [-0.15, -0.1) is 0 Å². The first-order chi connectivity index (χ1) is 12.4. The van der Waals surface area contributed by atoms with Gasteiger partial charge in [-0.3, -0.25) is 4.79 Å². The topological polar surface area (TPSA) is 53.0 Å². The molecule has 2 aromatic carbocycles. The smallest absolute Gasteiger partial charge is 0.263 e. The lowest BCUT2D eigenvalue weighted by molar-refractivity contribution is -0.138. The average Bonchev–Trinajstić information content (AvgIpc) is 2.64. The van der Waals surface area contributed by atoms with E-state index in [0.717, 1.165) is 18.8 Å². The van der Waals surface area contributed by atoms with E-state index in [1.54, 1.807) is 42.2 Å². The Balaban J connectivity index is 1.56. The highest BCUT2D eigenvalue weighted by atomic mass is 35.5. The van der Waals surface area contributed by atoms with Crippen LogP contribution in [-0.2, 0) is 4.79 Å². The summed E-state index contributed by atoms with van der Waals surface area (Å²) >= 11 is 12.0. The summed E-state index contributed by atoms with van der Waals surface area (Å²) < 4.78 is 5.72. The van der Waals surface area contributed by atoms with Crippen molar-refractivity contribution in [1.82, 2.24) is 4.90 Å². The van der Waals surface area contributed by atoms with Gasteiger partial charge in [0.15, 0.2) is 6.10 Å². The van der Waals surface area contributed by atoms with Crippen LogP contribution in [-0.4, -0.2) is 48.2 Å². The van der Waals surface area contributed by atoms with Crippen LogP contribution < -0.4 is 9.64 Å². The molecule has 1 fully saturated rings. The number of rotatable bonds is 4. The van der Waals surface area contributed by atoms with E-state index in [1.807, 2.05) is 12.1 Å². The van der Waals surface area contributed by atoms with E-state index in [9.17, 15) is 9.90 Å². The van der Waals surface area contributed by atoms with Crippen molar-refractivity contribution < 1.29 is 14.6 Å². The standard InChI is InChI=1S/C19H20Cl2N2O3/c1-13(26-18-7-2-14(20)12-17(18)21)19(25)23-10-8-22(9-11-23)15-3-5-16(24)6-4-15/h2-7,12-13,24H,8-11H2,1H3/t13-/m1/s1. The Bertz CT molecular complexity index is 775. The van der Waals surface area contributed by atoms with Gasteiger partial charge < -0.3 is 19.6 Å². The Kier molecular flexibility index (Phi) is 5.79. The van der Waals surface area contributed by atoms with Crippen molar-refractivity contribution in [2.45, 2.75) is 13.0 Å². The second-order valence-electron chi connectivity index (χ2n) is 6.16. The van der Waals surface area contributed by atoms with Gasteiger partial charge in [0.1, 0.15) is 11.5 Å². The number of carbonyl (C=O) groups is 1. The fourth-order valence-electron chi connectivity index (χ4n) is 2.92.